The molecule has 0 aromatic heterocycles. The highest BCUT2D eigenvalue weighted by molar-refractivity contribution is 6.31. The summed E-state index contributed by atoms with van der Waals surface area (Å²) in [6.07, 6.45) is 1.72. The molecule has 4 heteroatoms. The minimum atomic E-state index is -0.809. The summed E-state index contributed by atoms with van der Waals surface area (Å²) >= 11 is 6.21. The summed E-state index contributed by atoms with van der Waals surface area (Å²) in [5, 5.41) is 14.0. The lowest BCUT2D eigenvalue weighted by molar-refractivity contribution is 0.00816. The van der Waals surface area contributed by atoms with Crippen LogP contribution in [0.2, 0.25) is 5.02 Å². The third kappa shape index (κ3) is 5.39. The first kappa shape index (κ1) is 16.3. The summed E-state index contributed by atoms with van der Waals surface area (Å²) in [5.41, 5.74) is 0.140. The molecule has 1 aromatic rings. The normalized spacial score (nSPS) is 14.2. The molecule has 0 saturated carbocycles. The summed E-state index contributed by atoms with van der Waals surface area (Å²) in [4.78, 5) is 0. The van der Waals surface area contributed by atoms with Crippen LogP contribution < -0.4 is 10.1 Å². The van der Waals surface area contributed by atoms with Crippen molar-refractivity contribution in [1.82, 2.24) is 5.32 Å². The highest BCUT2D eigenvalue weighted by Crippen LogP contribution is 2.27. The maximum absolute atomic E-state index is 9.99. The van der Waals surface area contributed by atoms with E-state index >= 15 is 0 Å². The van der Waals surface area contributed by atoms with Crippen LogP contribution in [0.4, 0.5) is 0 Å². The largest absolute Gasteiger partial charge is 0.490 e. The maximum atomic E-state index is 9.99. The summed E-state index contributed by atoms with van der Waals surface area (Å²) in [5.74, 6) is 0.741. The van der Waals surface area contributed by atoms with Gasteiger partial charge in [0.1, 0.15) is 12.4 Å². The molecule has 1 unspecified atom stereocenters. The second-order valence-electron chi connectivity index (χ2n) is 5.03. The Morgan fingerprint density at radius 3 is 2.74 bits per heavy atom. The molecular formula is C15H24ClNO2. The van der Waals surface area contributed by atoms with Gasteiger partial charge in [-0.05, 0) is 38.4 Å². The Morgan fingerprint density at radius 2 is 2.11 bits per heavy atom. The molecule has 0 spiro atoms. The molecule has 2 N–H and O–H groups in total. The number of aliphatic hydroxyl groups is 1. The van der Waals surface area contributed by atoms with Crippen LogP contribution in [-0.2, 0) is 6.54 Å². The first-order valence-corrected chi connectivity index (χ1v) is 7.21. The molecule has 0 saturated heterocycles. The van der Waals surface area contributed by atoms with Crippen molar-refractivity contribution in [1.29, 1.82) is 0 Å². The zero-order valence-electron chi connectivity index (χ0n) is 12.0. The van der Waals surface area contributed by atoms with Gasteiger partial charge in [0.25, 0.3) is 0 Å². The second-order valence-corrected chi connectivity index (χ2v) is 5.44. The number of ether oxygens (including phenoxy) is 1. The Morgan fingerprint density at radius 1 is 1.37 bits per heavy atom. The van der Waals surface area contributed by atoms with E-state index in [2.05, 4.69) is 12.2 Å². The second kappa shape index (κ2) is 7.73. The number of hydrogen-bond donors (Lipinski definition) is 2. The fourth-order valence-corrected chi connectivity index (χ4v) is 1.80. The standard InChI is InChI=1S/C15H24ClNO2/c1-4-9-17-10-12-13(16)7-6-8-14(12)19-11-15(3,18)5-2/h6-8,17-18H,4-5,9-11H2,1-3H3. The summed E-state index contributed by atoms with van der Waals surface area (Å²) in [6.45, 7) is 7.71. The Balaban J connectivity index is 2.73. The third-order valence-corrected chi connectivity index (χ3v) is 3.46. The lowest BCUT2D eigenvalue weighted by Crippen LogP contribution is -2.31. The summed E-state index contributed by atoms with van der Waals surface area (Å²) < 4.78 is 5.73. The van der Waals surface area contributed by atoms with Gasteiger partial charge in [-0.25, -0.2) is 0 Å². The predicted octanol–water partition coefficient (Wildman–Crippen LogP) is 3.38. The smallest absolute Gasteiger partial charge is 0.125 e. The molecule has 0 heterocycles. The molecular weight excluding hydrogens is 262 g/mol. The van der Waals surface area contributed by atoms with Crippen LogP contribution in [0.3, 0.4) is 0 Å². The summed E-state index contributed by atoms with van der Waals surface area (Å²) in [6, 6.07) is 5.61. The van der Waals surface area contributed by atoms with Crippen LogP contribution in [0.25, 0.3) is 0 Å². The SMILES string of the molecule is CCCNCc1c(Cl)cccc1OCC(C)(O)CC. The molecule has 0 aliphatic carbocycles. The zero-order chi connectivity index (χ0) is 14.3. The van der Waals surface area contributed by atoms with Crippen LogP contribution in [0, 0.1) is 0 Å². The maximum Gasteiger partial charge on any atom is 0.125 e. The third-order valence-electron chi connectivity index (χ3n) is 3.10. The van der Waals surface area contributed by atoms with Gasteiger partial charge in [0, 0.05) is 17.1 Å². The van der Waals surface area contributed by atoms with Crippen molar-refractivity contribution in [2.75, 3.05) is 13.2 Å². The van der Waals surface area contributed by atoms with Gasteiger partial charge in [-0.15, -0.1) is 0 Å². The molecule has 0 aliphatic heterocycles. The average Bonchev–Trinajstić information content (AvgIpc) is 2.39. The molecule has 19 heavy (non-hydrogen) atoms. The molecule has 0 bridgehead atoms. The minimum absolute atomic E-state index is 0.268. The lowest BCUT2D eigenvalue weighted by Gasteiger charge is -2.23. The van der Waals surface area contributed by atoms with E-state index < -0.39 is 5.60 Å². The van der Waals surface area contributed by atoms with Gasteiger partial charge in [-0.2, -0.15) is 0 Å². The Labute approximate surface area is 120 Å². The number of rotatable bonds is 8. The van der Waals surface area contributed by atoms with Gasteiger partial charge in [0.05, 0.1) is 5.60 Å². The van der Waals surface area contributed by atoms with Crippen LogP contribution in [0.5, 0.6) is 5.75 Å². The number of halogens is 1. The van der Waals surface area contributed by atoms with E-state index in [1.165, 1.54) is 0 Å². The Kier molecular flexibility index (Phi) is 6.63. The van der Waals surface area contributed by atoms with Crippen LogP contribution in [-0.4, -0.2) is 23.9 Å². The van der Waals surface area contributed by atoms with Crippen molar-refractivity contribution in [3.05, 3.63) is 28.8 Å². The molecule has 1 atom stereocenters. The van der Waals surface area contributed by atoms with Crippen LogP contribution in [0.15, 0.2) is 18.2 Å². The first-order valence-electron chi connectivity index (χ1n) is 6.83. The Hall–Kier alpha value is -0.770. The van der Waals surface area contributed by atoms with Crippen molar-refractivity contribution < 1.29 is 9.84 Å². The molecule has 0 fully saturated rings. The lowest BCUT2D eigenvalue weighted by atomic mass is 10.1. The topological polar surface area (TPSA) is 41.5 Å². The molecule has 0 aliphatic rings. The zero-order valence-corrected chi connectivity index (χ0v) is 12.8. The predicted molar refractivity (Wildman–Crippen MR) is 79.9 cm³/mol. The number of nitrogens with one attached hydrogen (secondary N) is 1. The van der Waals surface area contributed by atoms with Crippen molar-refractivity contribution >= 4 is 11.6 Å². The molecule has 1 rings (SSSR count). The van der Waals surface area contributed by atoms with Crippen molar-refractivity contribution in [3.8, 4) is 5.75 Å². The first-order chi connectivity index (χ1) is 9.00. The van der Waals surface area contributed by atoms with E-state index in [4.69, 9.17) is 16.3 Å². The van der Waals surface area contributed by atoms with E-state index in [0.717, 1.165) is 24.3 Å². The van der Waals surface area contributed by atoms with Crippen LogP contribution in [0.1, 0.15) is 39.2 Å². The van der Waals surface area contributed by atoms with E-state index in [-0.39, 0.29) is 6.61 Å². The van der Waals surface area contributed by atoms with Gasteiger partial charge in [-0.3, -0.25) is 0 Å². The van der Waals surface area contributed by atoms with Crippen LogP contribution >= 0.6 is 11.6 Å². The van der Waals surface area contributed by atoms with Crippen molar-refractivity contribution in [2.24, 2.45) is 0 Å². The molecule has 108 valence electrons. The van der Waals surface area contributed by atoms with Crippen molar-refractivity contribution in [2.45, 2.75) is 45.8 Å². The Bertz CT molecular complexity index is 394. The summed E-state index contributed by atoms with van der Waals surface area (Å²) in [7, 11) is 0. The molecule has 0 radical (unpaired) electrons. The highest BCUT2D eigenvalue weighted by Gasteiger charge is 2.19. The van der Waals surface area contributed by atoms with E-state index in [1.807, 2.05) is 25.1 Å². The average molecular weight is 286 g/mol. The number of benzene rings is 1. The van der Waals surface area contributed by atoms with Gasteiger partial charge < -0.3 is 15.2 Å². The fraction of sp³-hybridized carbons (Fsp3) is 0.600. The highest BCUT2D eigenvalue weighted by atomic mass is 35.5. The number of hydrogen-bond acceptors (Lipinski definition) is 3. The minimum Gasteiger partial charge on any atom is -0.490 e. The van der Waals surface area contributed by atoms with E-state index in [9.17, 15) is 5.11 Å². The van der Waals surface area contributed by atoms with Gasteiger partial charge >= 0.3 is 0 Å². The fourth-order valence-electron chi connectivity index (χ4n) is 1.57. The van der Waals surface area contributed by atoms with Gasteiger partial charge in [-0.1, -0.05) is 31.5 Å². The van der Waals surface area contributed by atoms with Gasteiger partial charge in [0.15, 0.2) is 0 Å². The van der Waals surface area contributed by atoms with Crippen molar-refractivity contribution in [3.63, 3.8) is 0 Å². The molecule has 1 aromatic carbocycles. The van der Waals surface area contributed by atoms with E-state index in [0.29, 0.717) is 18.0 Å². The molecule has 3 nitrogen and oxygen atoms in total. The van der Waals surface area contributed by atoms with E-state index in [1.54, 1.807) is 6.92 Å². The van der Waals surface area contributed by atoms with Gasteiger partial charge in [0.2, 0.25) is 0 Å². The molecule has 0 amide bonds. The quantitative estimate of drug-likeness (QED) is 0.720. The monoisotopic (exact) mass is 285 g/mol.